The summed E-state index contributed by atoms with van der Waals surface area (Å²) in [5.41, 5.74) is 0.439. The van der Waals surface area contributed by atoms with Crippen LogP contribution in [-0.4, -0.2) is 23.9 Å². The Labute approximate surface area is 204 Å². The highest BCUT2D eigenvalue weighted by molar-refractivity contribution is 6.52. The highest BCUT2D eigenvalue weighted by Crippen LogP contribution is 2.46. The Morgan fingerprint density at radius 3 is 2.53 bits per heavy atom. The summed E-state index contributed by atoms with van der Waals surface area (Å²) in [4.78, 5) is 28.1. The number of benzene rings is 3. The molecule has 8 heteroatoms. The van der Waals surface area contributed by atoms with Gasteiger partial charge in [-0.3, -0.25) is 14.5 Å². The molecule has 2 heterocycles. The van der Waals surface area contributed by atoms with Gasteiger partial charge in [0.2, 0.25) is 0 Å². The van der Waals surface area contributed by atoms with Crippen molar-refractivity contribution in [2.45, 2.75) is 6.04 Å². The van der Waals surface area contributed by atoms with Crippen LogP contribution in [0.5, 0.6) is 5.75 Å². The number of fused-ring (bicyclic) bond motifs is 1. The molecule has 170 valence electrons. The Balaban J connectivity index is 1.80. The number of anilines is 1. The molecule has 4 aromatic rings. The number of nitrogens with zero attached hydrogens (tertiary/aromatic N) is 1. The number of hydrogen-bond donors (Lipinski definition) is 1. The number of ketones is 1. The number of halogens is 2. The van der Waals surface area contributed by atoms with Gasteiger partial charge in [0.25, 0.3) is 11.7 Å². The van der Waals surface area contributed by atoms with Gasteiger partial charge in [-0.2, -0.15) is 0 Å². The molecule has 0 aliphatic carbocycles. The van der Waals surface area contributed by atoms with Gasteiger partial charge in [0.05, 0.1) is 35.2 Å². The molecule has 0 saturated carbocycles. The first-order chi connectivity index (χ1) is 16.4. The summed E-state index contributed by atoms with van der Waals surface area (Å²) < 4.78 is 11.0. The van der Waals surface area contributed by atoms with E-state index in [1.54, 1.807) is 24.3 Å². The van der Waals surface area contributed by atoms with Crippen LogP contribution in [0.1, 0.15) is 17.4 Å². The van der Waals surface area contributed by atoms with Gasteiger partial charge >= 0.3 is 0 Å². The van der Waals surface area contributed by atoms with Crippen LogP contribution in [-0.2, 0) is 9.59 Å². The minimum Gasteiger partial charge on any atom is -0.507 e. The van der Waals surface area contributed by atoms with E-state index in [1.165, 1.54) is 30.4 Å². The number of Topliss-reactive ketones (excluding diaryl/α,β-unsaturated/α-hetero) is 1. The summed E-state index contributed by atoms with van der Waals surface area (Å²) in [7, 11) is 1.38. The van der Waals surface area contributed by atoms with E-state index in [9.17, 15) is 14.7 Å². The number of rotatable bonds is 4. The van der Waals surface area contributed by atoms with E-state index in [0.717, 1.165) is 10.8 Å². The van der Waals surface area contributed by atoms with Crippen molar-refractivity contribution < 1.29 is 23.8 Å². The molecule has 1 N–H and O–H groups in total. The van der Waals surface area contributed by atoms with E-state index in [-0.39, 0.29) is 26.9 Å². The normalized spacial score (nSPS) is 17.5. The Morgan fingerprint density at radius 2 is 1.79 bits per heavy atom. The molecule has 1 atom stereocenters. The molecule has 0 radical (unpaired) electrons. The lowest BCUT2D eigenvalue weighted by Crippen LogP contribution is -2.29. The van der Waals surface area contributed by atoms with Crippen molar-refractivity contribution in [3.63, 3.8) is 0 Å². The number of aliphatic hydroxyl groups is 1. The first-order valence-corrected chi connectivity index (χ1v) is 11.0. The average Bonchev–Trinajstić information content (AvgIpc) is 3.45. The molecule has 34 heavy (non-hydrogen) atoms. The van der Waals surface area contributed by atoms with E-state index in [1.807, 2.05) is 30.3 Å². The Kier molecular flexibility index (Phi) is 5.55. The monoisotopic (exact) mass is 493 g/mol. The number of amides is 1. The molecule has 6 nitrogen and oxygen atoms in total. The predicted octanol–water partition coefficient (Wildman–Crippen LogP) is 6.37. The summed E-state index contributed by atoms with van der Waals surface area (Å²) in [6.45, 7) is 0. The van der Waals surface area contributed by atoms with Crippen LogP contribution in [0.15, 0.2) is 83.0 Å². The third-order valence-electron chi connectivity index (χ3n) is 5.75. The lowest BCUT2D eigenvalue weighted by molar-refractivity contribution is -0.132. The number of hydrogen-bond acceptors (Lipinski definition) is 5. The fourth-order valence-corrected chi connectivity index (χ4v) is 4.87. The molecule has 1 aromatic heterocycles. The highest BCUT2D eigenvalue weighted by atomic mass is 35.5. The predicted molar refractivity (Wildman–Crippen MR) is 130 cm³/mol. The quantitative estimate of drug-likeness (QED) is 0.203. The zero-order chi connectivity index (χ0) is 24.0. The van der Waals surface area contributed by atoms with Gasteiger partial charge in [-0.05, 0) is 35.7 Å². The van der Waals surface area contributed by atoms with Gasteiger partial charge in [-0.25, -0.2) is 0 Å². The largest absolute Gasteiger partial charge is 0.507 e. The van der Waals surface area contributed by atoms with Gasteiger partial charge in [-0.15, -0.1) is 0 Å². The van der Waals surface area contributed by atoms with Gasteiger partial charge in [0.15, 0.2) is 0 Å². The molecule has 5 rings (SSSR count). The molecule has 1 fully saturated rings. The number of aliphatic hydroxyl groups excluding tert-OH is 1. The molecular formula is C26H17Cl2NO5. The second-order valence-electron chi connectivity index (χ2n) is 7.65. The van der Waals surface area contributed by atoms with Crippen molar-refractivity contribution in [2.24, 2.45) is 0 Å². The van der Waals surface area contributed by atoms with Crippen molar-refractivity contribution in [1.82, 2.24) is 0 Å². The zero-order valence-electron chi connectivity index (χ0n) is 17.8. The van der Waals surface area contributed by atoms with Crippen LogP contribution in [0.3, 0.4) is 0 Å². The number of furan rings is 1. The van der Waals surface area contributed by atoms with E-state index < -0.39 is 23.5 Å². The molecule has 1 unspecified atom stereocenters. The standard InChI is InChI=1S/C26H17Cl2NO5/c1-33-25-17(12-15(27)13-18(25)28)23(30)21-22(20-10-5-11-34-20)29(26(32)24(21)31)19-9-4-7-14-6-2-3-8-16(14)19/h2-13,22,30H,1H3/b23-21-. The van der Waals surface area contributed by atoms with E-state index in [4.69, 9.17) is 32.4 Å². The van der Waals surface area contributed by atoms with Crippen molar-refractivity contribution in [3.8, 4) is 5.75 Å². The van der Waals surface area contributed by atoms with Crippen molar-refractivity contribution in [1.29, 1.82) is 0 Å². The van der Waals surface area contributed by atoms with E-state index >= 15 is 0 Å². The molecule has 1 saturated heterocycles. The fraction of sp³-hybridized carbons (Fsp3) is 0.0769. The van der Waals surface area contributed by atoms with Gasteiger partial charge in [-0.1, -0.05) is 59.6 Å². The maximum absolute atomic E-state index is 13.4. The van der Waals surface area contributed by atoms with Crippen LogP contribution >= 0.6 is 23.2 Å². The van der Waals surface area contributed by atoms with Crippen LogP contribution < -0.4 is 9.64 Å². The summed E-state index contributed by atoms with van der Waals surface area (Å²) in [6.07, 6.45) is 1.44. The minimum atomic E-state index is -1.02. The third kappa shape index (κ3) is 3.43. The molecule has 3 aromatic carbocycles. The van der Waals surface area contributed by atoms with Crippen molar-refractivity contribution in [3.05, 3.63) is 99.9 Å². The Bertz CT molecular complexity index is 1470. The second kappa shape index (κ2) is 8.56. The molecule has 0 bridgehead atoms. The van der Waals surface area contributed by atoms with Crippen LogP contribution in [0.2, 0.25) is 10.0 Å². The number of ether oxygens (including phenoxy) is 1. The molecule has 1 aliphatic heterocycles. The Hall–Kier alpha value is -3.74. The van der Waals surface area contributed by atoms with E-state index in [2.05, 4.69) is 0 Å². The summed E-state index contributed by atoms with van der Waals surface area (Å²) in [6, 6.07) is 18.1. The van der Waals surface area contributed by atoms with Crippen LogP contribution in [0.25, 0.3) is 16.5 Å². The SMILES string of the molecule is COc1c(Cl)cc(Cl)cc1/C(O)=C1/C(=O)C(=O)N(c2cccc3ccccc23)C1c1ccco1. The average molecular weight is 494 g/mol. The van der Waals surface area contributed by atoms with Crippen LogP contribution in [0.4, 0.5) is 5.69 Å². The van der Waals surface area contributed by atoms with Gasteiger partial charge in [0.1, 0.15) is 23.3 Å². The first-order valence-electron chi connectivity index (χ1n) is 10.3. The number of carbonyl (C=O) groups is 2. The number of methoxy groups -OCH3 is 1. The van der Waals surface area contributed by atoms with Gasteiger partial charge in [0, 0.05) is 10.4 Å². The minimum absolute atomic E-state index is 0.0903. The highest BCUT2D eigenvalue weighted by Gasteiger charge is 2.49. The first kappa shape index (κ1) is 22.1. The lowest BCUT2D eigenvalue weighted by Gasteiger charge is -2.25. The number of carbonyl (C=O) groups excluding carboxylic acids is 2. The third-order valence-corrected chi connectivity index (χ3v) is 6.25. The summed E-state index contributed by atoms with van der Waals surface area (Å²) >= 11 is 12.4. The Morgan fingerprint density at radius 1 is 1.03 bits per heavy atom. The van der Waals surface area contributed by atoms with Gasteiger partial charge < -0.3 is 14.3 Å². The lowest BCUT2D eigenvalue weighted by atomic mass is 9.98. The maximum atomic E-state index is 13.4. The van der Waals surface area contributed by atoms with Crippen molar-refractivity contribution >= 4 is 57.1 Å². The topological polar surface area (TPSA) is 80.0 Å². The van der Waals surface area contributed by atoms with Crippen molar-refractivity contribution in [2.75, 3.05) is 12.0 Å². The molecule has 1 amide bonds. The molecule has 0 spiro atoms. The maximum Gasteiger partial charge on any atom is 0.300 e. The molecule has 1 aliphatic rings. The zero-order valence-corrected chi connectivity index (χ0v) is 19.3. The van der Waals surface area contributed by atoms with E-state index in [0.29, 0.717) is 11.4 Å². The van der Waals surface area contributed by atoms with Crippen LogP contribution in [0, 0.1) is 0 Å². The fourth-order valence-electron chi connectivity index (χ4n) is 4.30. The summed E-state index contributed by atoms with van der Waals surface area (Å²) in [5, 5.41) is 13.4. The smallest absolute Gasteiger partial charge is 0.300 e. The second-order valence-corrected chi connectivity index (χ2v) is 8.49. The molecular weight excluding hydrogens is 477 g/mol. The summed E-state index contributed by atoms with van der Waals surface area (Å²) in [5.74, 6) is -1.71.